The molecule has 6 aromatic rings. The number of anilines is 2. The first-order chi connectivity index (χ1) is 19.2. The minimum Gasteiger partial charge on any atom is -0.399 e. The topological polar surface area (TPSA) is 63.8 Å². The monoisotopic (exact) mass is 504 g/mol. The maximum absolute atomic E-state index is 6.00. The van der Waals surface area contributed by atoms with E-state index in [1.807, 2.05) is 55.6 Å². The second kappa shape index (κ2) is 10.6. The van der Waals surface area contributed by atoms with Crippen molar-refractivity contribution in [3.63, 3.8) is 0 Å². The van der Waals surface area contributed by atoms with Crippen molar-refractivity contribution in [2.45, 2.75) is 0 Å². The summed E-state index contributed by atoms with van der Waals surface area (Å²) in [7, 11) is 1.93. The highest BCUT2D eigenvalue weighted by atomic mass is 14.9. The third-order valence-corrected chi connectivity index (χ3v) is 6.82. The van der Waals surface area contributed by atoms with Gasteiger partial charge in [-0.15, -0.1) is 0 Å². The van der Waals surface area contributed by atoms with Gasteiger partial charge in [0.05, 0.1) is 11.4 Å². The van der Waals surface area contributed by atoms with Gasteiger partial charge in [0.1, 0.15) is 0 Å². The number of nitrogens with zero attached hydrogens (tertiary/aromatic N) is 2. The summed E-state index contributed by atoms with van der Waals surface area (Å²) in [6.45, 7) is 0. The molecule has 0 fully saturated rings. The Morgan fingerprint density at radius 1 is 0.462 bits per heavy atom. The smallest absolute Gasteiger partial charge is 0.160 e. The molecule has 1 aromatic heterocycles. The number of benzene rings is 5. The first kappa shape index (κ1) is 24.1. The van der Waals surface area contributed by atoms with Gasteiger partial charge in [-0.25, -0.2) is 9.97 Å². The highest BCUT2D eigenvalue weighted by Crippen LogP contribution is 2.31. The average Bonchev–Trinajstić information content (AvgIpc) is 3.01. The molecule has 188 valence electrons. The Morgan fingerprint density at radius 3 is 1.54 bits per heavy atom. The van der Waals surface area contributed by atoms with Crippen LogP contribution in [0.1, 0.15) is 0 Å². The van der Waals surface area contributed by atoms with Gasteiger partial charge in [-0.05, 0) is 52.6 Å². The van der Waals surface area contributed by atoms with Crippen molar-refractivity contribution >= 4 is 11.4 Å². The SMILES string of the molecule is CNc1cccc(-c2ccc(-c3cc(-c4ccc(-c5cccc(N)c5)cc4)nc(-c4ccccc4)n3)cc2)c1. The molecule has 0 unspecified atom stereocenters. The summed E-state index contributed by atoms with van der Waals surface area (Å²) in [6, 6.07) is 45.5. The van der Waals surface area contributed by atoms with Crippen LogP contribution in [0.4, 0.5) is 11.4 Å². The Bertz CT molecular complexity index is 1720. The Kier molecular flexibility index (Phi) is 6.59. The highest BCUT2D eigenvalue weighted by Gasteiger charge is 2.11. The third kappa shape index (κ3) is 5.27. The highest BCUT2D eigenvalue weighted by molar-refractivity contribution is 5.76. The summed E-state index contributed by atoms with van der Waals surface area (Å²) in [6.07, 6.45) is 0. The van der Waals surface area contributed by atoms with E-state index in [4.69, 9.17) is 15.7 Å². The molecular formula is C35H28N4. The zero-order chi connectivity index (χ0) is 26.6. The van der Waals surface area contributed by atoms with Gasteiger partial charge in [0, 0.05) is 35.1 Å². The minimum atomic E-state index is 0.703. The lowest BCUT2D eigenvalue weighted by Gasteiger charge is -2.11. The summed E-state index contributed by atoms with van der Waals surface area (Å²) < 4.78 is 0. The molecule has 1 heterocycles. The minimum absolute atomic E-state index is 0.703. The molecule has 0 bridgehead atoms. The summed E-state index contributed by atoms with van der Waals surface area (Å²) >= 11 is 0. The average molecular weight is 505 g/mol. The fraction of sp³-hybridized carbons (Fsp3) is 0.0286. The van der Waals surface area contributed by atoms with E-state index in [9.17, 15) is 0 Å². The molecule has 0 radical (unpaired) electrons. The second-order valence-corrected chi connectivity index (χ2v) is 9.44. The zero-order valence-corrected chi connectivity index (χ0v) is 21.7. The summed E-state index contributed by atoms with van der Waals surface area (Å²) in [5.74, 6) is 0.703. The van der Waals surface area contributed by atoms with Crippen LogP contribution in [-0.4, -0.2) is 17.0 Å². The van der Waals surface area contributed by atoms with Gasteiger partial charge < -0.3 is 11.1 Å². The number of nitrogens with one attached hydrogen (secondary N) is 1. The van der Waals surface area contributed by atoms with E-state index in [1.165, 1.54) is 5.56 Å². The molecule has 4 nitrogen and oxygen atoms in total. The van der Waals surface area contributed by atoms with Crippen molar-refractivity contribution in [1.29, 1.82) is 0 Å². The van der Waals surface area contributed by atoms with Crippen LogP contribution in [0.25, 0.3) is 56.2 Å². The van der Waals surface area contributed by atoms with Gasteiger partial charge in [-0.2, -0.15) is 0 Å². The van der Waals surface area contributed by atoms with Crippen LogP contribution >= 0.6 is 0 Å². The van der Waals surface area contributed by atoms with E-state index in [2.05, 4.69) is 90.2 Å². The Hall–Kier alpha value is -5.22. The molecule has 0 aliphatic carbocycles. The molecular weight excluding hydrogens is 476 g/mol. The zero-order valence-electron chi connectivity index (χ0n) is 21.7. The number of rotatable bonds is 6. The quantitative estimate of drug-likeness (QED) is 0.223. The molecule has 4 heteroatoms. The maximum atomic E-state index is 6.00. The van der Waals surface area contributed by atoms with Crippen LogP contribution < -0.4 is 11.1 Å². The number of nitrogen functional groups attached to an aromatic ring is 1. The van der Waals surface area contributed by atoms with E-state index in [0.29, 0.717) is 5.82 Å². The lowest BCUT2D eigenvalue weighted by Crippen LogP contribution is -1.96. The van der Waals surface area contributed by atoms with Crippen LogP contribution in [0, 0.1) is 0 Å². The molecule has 0 amide bonds. The van der Waals surface area contributed by atoms with E-state index < -0.39 is 0 Å². The normalized spacial score (nSPS) is 10.8. The largest absolute Gasteiger partial charge is 0.399 e. The van der Waals surface area contributed by atoms with Crippen LogP contribution in [0.2, 0.25) is 0 Å². The van der Waals surface area contributed by atoms with Crippen molar-refractivity contribution in [2.75, 3.05) is 18.1 Å². The lowest BCUT2D eigenvalue weighted by atomic mass is 10.00. The molecule has 0 aliphatic heterocycles. The molecule has 3 N–H and O–H groups in total. The fourth-order valence-corrected chi connectivity index (χ4v) is 4.70. The van der Waals surface area contributed by atoms with Gasteiger partial charge >= 0.3 is 0 Å². The molecule has 0 aliphatic rings. The van der Waals surface area contributed by atoms with Crippen molar-refractivity contribution in [2.24, 2.45) is 0 Å². The van der Waals surface area contributed by atoms with Gasteiger partial charge in [-0.1, -0.05) is 103 Å². The fourth-order valence-electron chi connectivity index (χ4n) is 4.70. The van der Waals surface area contributed by atoms with Crippen LogP contribution in [0.3, 0.4) is 0 Å². The number of nitrogens with two attached hydrogens (primary N) is 1. The van der Waals surface area contributed by atoms with Crippen LogP contribution in [-0.2, 0) is 0 Å². The Balaban J connectivity index is 1.39. The Morgan fingerprint density at radius 2 is 0.974 bits per heavy atom. The second-order valence-electron chi connectivity index (χ2n) is 9.44. The molecule has 6 rings (SSSR count). The van der Waals surface area contributed by atoms with Crippen molar-refractivity contribution in [1.82, 2.24) is 9.97 Å². The molecule has 0 saturated carbocycles. The predicted molar refractivity (Wildman–Crippen MR) is 163 cm³/mol. The lowest BCUT2D eigenvalue weighted by molar-refractivity contribution is 1.18. The number of aromatic nitrogens is 2. The van der Waals surface area contributed by atoms with Gasteiger partial charge in [0.2, 0.25) is 0 Å². The van der Waals surface area contributed by atoms with Crippen molar-refractivity contribution < 1.29 is 0 Å². The van der Waals surface area contributed by atoms with E-state index >= 15 is 0 Å². The van der Waals surface area contributed by atoms with E-state index in [0.717, 1.165) is 56.1 Å². The first-order valence-electron chi connectivity index (χ1n) is 13.0. The third-order valence-electron chi connectivity index (χ3n) is 6.82. The summed E-state index contributed by atoms with van der Waals surface area (Å²) in [5, 5.41) is 3.21. The van der Waals surface area contributed by atoms with Crippen molar-refractivity contribution in [3.8, 4) is 56.2 Å². The molecule has 0 saturated heterocycles. The van der Waals surface area contributed by atoms with Gasteiger partial charge in [-0.3, -0.25) is 0 Å². The van der Waals surface area contributed by atoms with Crippen molar-refractivity contribution in [3.05, 3.63) is 133 Å². The predicted octanol–water partition coefficient (Wildman–Crippen LogP) is 8.44. The first-order valence-corrected chi connectivity index (χ1v) is 13.0. The maximum Gasteiger partial charge on any atom is 0.160 e. The molecule has 39 heavy (non-hydrogen) atoms. The Labute approximate surface area is 228 Å². The van der Waals surface area contributed by atoms with Gasteiger partial charge in [0.25, 0.3) is 0 Å². The van der Waals surface area contributed by atoms with Crippen LogP contribution in [0.5, 0.6) is 0 Å². The molecule has 5 aromatic carbocycles. The molecule has 0 atom stereocenters. The van der Waals surface area contributed by atoms with E-state index in [-0.39, 0.29) is 0 Å². The number of hydrogen-bond donors (Lipinski definition) is 2. The number of hydrogen-bond acceptors (Lipinski definition) is 4. The summed E-state index contributed by atoms with van der Waals surface area (Å²) in [4.78, 5) is 9.93. The summed E-state index contributed by atoms with van der Waals surface area (Å²) in [5.41, 5.74) is 17.2. The van der Waals surface area contributed by atoms with Crippen LogP contribution in [0.15, 0.2) is 133 Å². The standard InChI is InChI=1S/C35H28N4/c1-37-32-12-6-10-30(22-32)25-15-19-27(20-16-25)34-23-33(38-35(39-34)28-7-3-2-4-8-28)26-17-13-24(14-18-26)29-9-5-11-31(36)21-29/h2-23,37H,36H2,1H3. The molecule has 0 spiro atoms. The van der Waals surface area contributed by atoms with E-state index in [1.54, 1.807) is 0 Å². The van der Waals surface area contributed by atoms with Gasteiger partial charge in [0.15, 0.2) is 5.82 Å².